The number of aryl methyl sites for hydroxylation is 1. The van der Waals surface area contributed by atoms with Crippen molar-refractivity contribution in [2.45, 2.75) is 11.8 Å². The SMILES string of the molecule is Cc1cc(Nc2nc(Cl)nc(NCCNO)n2)ccc1S(=O)(=O)O. The van der Waals surface area contributed by atoms with E-state index in [4.69, 9.17) is 21.4 Å². The fourth-order valence-corrected chi connectivity index (χ4v) is 2.73. The zero-order valence-electron chi connectivity index (χ0n) is 12.5. The monoisotopic (exact) mass is 374 g/mol. The Labute approximate surface area is 143 Å². The molecule has 12 heteroatoms. The Hall–Kier alpha value is -2.05. The minimum Gasteiger partial charge on any atom is -0.353 e. The van der Waals surface area contributed by atoms with Crippen LogP contribution < -0.4 is 16.1 Å². The molecule has 130 valence electrons. The van der Waals surface area contributed by atoms with Crippen LogP contribution in [-0.4, -0.2) is 46.2 Å². The highest BCUT2D eigenvalue weighted by Gasteiger charge is 2.13. The number of anilines is 3. The van der Waals surface area contributed by atoms with Crippen LogP contribution in [0, 0.1) is 6.92 Å². The topological polar surface area (TPSA) is 149 Å². The lowest BCUT2D eigenvalue weighted by Crippen LogP contribution is -2.19. The molecule has 0 spiro atoms. The molecule has 0 aliphatic rings. The zero-order chi connectivity index (χ0) is 17.7. The van der Waals surface area contributed by atoms with Crippen LogP contribution in [0.2, 0.25) is 5.28 Å². The zero-order valence-corrected chi connectivity index (χ0v) is 14.1. The minimum atomic E-state index is -4.28. The molecule has 0 saturated heterocycles. The fourth-order valence-electron chi connectivity index (χ4n) is 1.86. The fraction of sp³-hybridized carbons (Fsp3) is 0.250. The van der Waals surface area contributed by atoms with E-state index in [-0.39, 0.29) is 28.6 Å². The predicted molar refractivity (Wildman–Crippen MR) is 87.4 cm³/mol. The van der Waals surface area contributed by atoms with Crippen molar-refractivity contribution in [3.05, 3.63) is 29.0 Å². The van der Waals surface area contributed by atoms with Gasteiger partial charge in [0.2, 0.25) is 17.2 Å². The van der Waals surface area contributed by atoms with Crippen molar-refractivity contribution in [1.29, 1.82) is 0 Å². The maximum atomic E-state index is 11.2. The van der Waals surface area contributed by atoms with Crippen molar-refractivity contribution in [2.75, 3.05) is 23.7 Å². The normalized spacial score (nSPS) is 11.3. The van der Waals surface area contributed by atoms with E-state index in [0.29, 0.717) is 17.8 Å². The molecule has 0 fully saturated rings. The molecule has 1 aromatic heterocycles. The number of aromatic nitrogens is 3. The Bertz CT molecular complexity index is 832. The number of hydroxylamine groups is 1. The summed E-state index contributed by atoms with van der Waals surface area (Å²) in [7, 11) is -4.28. The molecule has 0 atom stereocenters. The quantitative estimate of drug-likeness (QED) is 0.272. The summed E-state index contributed by atoms with van der Waals surface area (Å²) >= 11 is 5.83. The van der Waals surface area contributed by atoms with Gasteiger partial charge in [0, 0.05) is 18.8 Å². The van der Waals surface area contributed by atoms with Gasteiger partial charge in [-0.25, -0.2) is 5.48 Å². The van der Waals surface area contributed by atoms with Gasteiger partial charge in [0.15, 0.2) is 0 Å². The number of benzene rings is 1. The Balaban J connectivity index is 2.20. The Morgan fingerprint density at radius 2 is 1.88 bits per heavy atom. The average molecular weight is 375 g/mol. The van der Waals surface area contributed by atoms with Crippen LogP contribution in [0.4, 0.5) is 17.6 Å². The summed E-state index contributed by atoms with van der Waals surface area (Å²) in [6.07, 6.45) is 0. The first-order valence-electron chi connectivity index (χ1n) is 6.67. The van der Waals surface area contributed by atoms with Gasteiger partial charge in [0.1, 0.15) is 0 Å². The van der Waals surface area contributed by atoms with Crippen LogP contribution in [-0.2, 0) is 10.1 Å². The van der Waals surface area contributed by atoms with Gasteiger partial charge < -0.3 is 15.8 Å². The van der Waals surface area contributed by atoms with Crippen LogP contribution in [0.5, 0.6) is 0 Å². The van der Waals surface area contributed by atoms with Crippen LogP contribution in [0.3, 0.4) is 0 Å². The molecular weight excluding hydrogens is 360 g/mol. The van der Waals surface area contributed by atoms with Gasteiger partial charge >= 0.3 is 0 Å². The first kappa shape index (κ1) is 18.3. The predicted octanol–water partition coefficient (Wildman–Crippen LogP) is 1.21. The van der Waals surface area contributed by atoms with E-state index >= 15 is 0 Å². The maximum absolute atomic E-state index is 11.2. The second-order valence-electron chi connectivity index (χ2n) is 4.67. The molecule has 0 aliphatic carbocycles. The molecule has 24 heavy (non-hydrogen) atoms. The van der Waals surface area contributed by atoms with E-state index in [1.165, 1.54) is 18.2 Å². The van der Waals surface area contributed by atoms with Crippen molar-refractivity contribution in [3.63, 3.8) is 0 Å². The van der Waals surface area contributed by atoms with E-state index in [9.17, 15) is 8.42 Å². The summed E-state index contributed by atoms with van der Waals surface area (Å²) in [5.41, 5.74) is 2.84. The van der Waals surface area contributed by atoms with Crippen molar-refractivity contribution in [3.8, 4) is 0 Å². The maximum Gasteiger partial charge on any atom is 0.294 e. The lowest BCUT2D eigenvalue weighted by Gasteiger charge is -2.10. The number of rotatable bonds is 7. The molecule has 1 heterocycles. The van der Waals surface area contributed by atoms with Crippen molar-refractivity contribution < 1.29 is 18.2 Å². The smallest absolute Gasteiger partial charge is 0.294 e. The average Bonchev–Trinajstić information content (AvgIpc) is 2.45. The van der Waals surface area contributed by atoms with Crippen molar-refractivity contribution in [2.24, 2.45) is 0 Å². The van der Waals surface area contributed by atoms with Crippen molar-refractivity contribution in [1.82, 2.24) is 20.4 Å². The molecule has 0 unspecified atom stereocenters. The number of hydrogen-bond donors (Lipinski definition) is 5. The molecular formula is C12H15ClN6O4S. The summed E-state index contributed by atoms with van der Waals surface area (Å²) in [4.78, 5) is 11.7. The van der Waals surface area contributed by atoms with Crippen LogP contribution in [0.15, 0.2) is 23.1 Å². The number of halogens is 1. The highest BCUT2D eigenvalue weighted by Crippen LogP contribution is 2.22. The molecule has 2 rings (SSSR count). The summed E-state index contributed by atoms with van der Waals surface area (Å²) in [6, 6.07) is 4.24. The van der Waals surface area contributed by atoms with E-state index in [1.54, 1.807) is 6.92 Å². The molecule has 0 saturated carbocycles. The first-order valence-corrected chi connectivity index (χ1v) is 8.49. The number of hydrogen-bond acceptors (Lipinski definition) is 9. The van der Waals surface area contributed by atoms with Gasteiger partial charge in [-0.15, -0.1) is 0 Å². The molecule has 0 aliphatic heterocycles. The Kier molecular flexibility index (Phi) is 5.85. The van der Waals surface area contributed by atoms with E-state index in [2.05, 4.69) is 25.6 Å². The third-order valence-corrected chi connectivity index (χ3v) is 4.02. The van der Waals surface area contributed by atoms with Crippen molar-refractivity contribution >= 4 is 39.3 Å². The summed E-state index contributed by atoms with van der Waals surface area (Å²) < 4.78 is 31.5. The van der Waals surface area contributed by atoms with Crippen LogP contribution in [0.1, 0.15) is 5.56 Å². The molecule has 0 bridgehead atoms. The summed E-state index contributed by atoms with van der Waals surface area (Å²) in [6.45, 7) is 2.18. The van der Waals surface area contributed by atoms with E-state index in [1.807, 2.05) is 5.48 Å². The first-order chi connectivity index (χ1) is 11.3. The summed E-state index contributed by atoms with van der Waals surface area (Å²) in [5, 5.41) is 14.2. The third kappa shape index (κ3) is 4.97. The van der Waals surface area contributed by atoms with Gasteiger partial charge in [-0.05, 0) is 42.3 Å². The molecule has 0 amide bonds. The second kappa shape index (κ2) is 7.68. The molecule has 0 radical (unpaired) electrons. The largest absolute Gasteiger partial charge is 0.353 e. The Morgan fingerprint density at radius 1 is 1.17 bits per heavy atom. The van der Waals surface area contributed by atoms with Gasteiger partial charge in [-0.3, -0.25) is 4.55 Å². The standard InChI is InChI=1S/C12H15ClN6O4S/c1-7-6-8(2-3-9(7)24(21,22)23)16-12-18-10(13)17-11(19-12)14-4-5-15-20/h2-3,6,15,20H,4-5H2,1H3,(H,21,22,23)(H2,14,16,17,18,19). The lowest BCUT2D eigenvalue weighted by atomic mass is 10.2. The van der Waals surface area contributed by atoms with Crippen LogP contribution >= 0.6 is 11.6 Å². The van der Waals surface area contributed by atoms with Gasteiger partial charge in [0.05, 0.1) is 4.90 Å². The minimum absolute atomic E-state index is 0.0433. The molecule has 10 nitrogen and oxygen atoms in total. The lowest BCUT2D eigenvalue weighted by molar-refractivity contribution is 0.171. The second-order valence-corrected chi connectivity index (χ2v) is 6.39. The Morgan fingerprint density at radius 3 is 2.50 bits per heavy atom. The van der Waals surface area contributed by atoms with Gasteiger partial charge in [0.25, 0.3) is 10.1 Å². The van der Waals surface area contributed by atoms with Crippen LogP contribution in [0.25, 0.3) is 0 Å². The molecule has 2 aromatic rings. The molecule has 1 aromatic carbocycles. The molecule has 5 N–H and O–H groups in total. The van der Waals surface area contributed by atoms with E-state index < -0.39 is 10.1 Å². The highest BCUT2D eigenvalue weighted by atomic mass is 35.5. The summed E-state index contributed by atoms with van der Waals surface area (Å²) in [5.74, 6) is 0.354. The number of nitrogens with one attached hydrogen (secondary N) is 3. The van der Waals surface area contributed by atoms with Gasteiger partial charge in [-0.2, -0.15) is 23.4 Å². The highest BCUT2D eigenvalue weighted by molar-refractivity contribution is 7.85. The van der Waals surface area contributed by atoms with E-state index in [0.717, 1.165) is 0 Å². The number of nitrogens with zero attached hydrogens (tertiary/aromatic N) is 3. The third-order valence-electron chi connectivity index (χ3n) is 2.84. The van der Waals surface area contributed by atoms with Gasteiger partial charge in [-0.1, -0.05) is 0 Å².